The molecule has 0 aliphatic heterocycles. The third kappa shape index (κ3) is 5.50. The van der Waals surface area contributed by atoms with Crippen LogP contribution in [0.3, 0.4) is 0 Å². The number of ether oxygens (including phenoxy) is 1. The number of thiophene rings is 2. The van der Waals surface area contributed by atoms with Crippen LogP contribution in [-0.4, -0.2) is 39.5 Å². The summed E-state index contributed by atoms with van der Waals surface area (Å²) in [5.74, 6) is 0.794. The average molecular weight is 507 g/mol. The molecule has 0 aromatic carbocycles. The van der Waals surface area contributed by atoms with Gasteiger partial charge in [0, 0.05) is 26.7 Å². The maximum Gasteiger partial charge on any atom is 0.341 e. The van der Waals surface area contributed by atoms with E-state index in [4.69, 9.17) is 4.74 Å². The first kappa shape index (κ1) is 25.5. The number of nitrogens with one attached hydrogen (secondary N) is 1. The number of amides is 1. The number of aryl methyl sites for hydroxylation is 1. The van der Waals surface area contributed by atoms with Crippen molar-refractivity contribution in [3.8, 4) is 11.4 Å². The standard InChI is InChI=1S/C23H30N4O3S3/c1-8-16-14(6)33-21(19(16)22(29)30-7)24-18(28)11-32-23-26-25-20(27(23)13(4)5)15-9-17(12(2)3)31-10-15/h9-10,12-13H,8,11H2,1-7H3,(H,24,28). The van der Waals surface area contributed by atoms with Crippen molar-refractivity contribution in [3.63, 3.8) is 0 Å². The predicted molar refractivity (Wildman–Crippen MR) is 137 cm³/mol. The van der Waals surface area contributed by atoms with Crippen LogP contribution in [0.15, 0.2) is 16.6 Å². The van der Waals surface area contributed by atoms with Crippen LogP contribution in [0.2, 0.25) is 0 Å². The lowest BCUT2D eigenvalue weighted by atomic mass is 10.1. The number of carbonyl (C=O) groups is 2. The van der Waals surface area contributed by atoms with Gasteiger partial charge in [-0.1, -0.05) is 32.5 Å². The summed E-state index contributed by atoms with van der Waals surface area (Å²) in [6.07, 6.45) is 0.693. The summed E-state index contributed by atoms with van der Waals surface area (Å²) in [6, 6.07) is 2.30. The van der Waals surface area contributed by atoms with Crippen LogP contribution < -0.4 is 5.32 Å². The maximum atomic E-state index is 12.8. The van der Waals surface area contributed by atoms with E-state index in [1.54, 1.807) is 11.3 Å². The van der Waals surface area contributed by atoms with Gasteiger partial charge in [-0.3, -0.25) is 9.36 Å². The molecule has 0 fully saturated rings. The molecule has 33 heavy (non-hydrogen) atoms. The van der Waals surface area contributed by atoms with E-state index in [0.29, 0.717) is 28.1 Å². The minimum Gasteiger partial charge on any atom is -0.465 e. The van der Waals surface area contributed by atoms with E-state index in [1.165, 1.54) is 35.1 Å². The van der Waals surface area contributed by atoms with Gasteiger partial charge in [0.1, 0.15) is 5.00 Å². The Kier molecular flexibility index (Phi) is 8.36. The lowest BCUT2D eigenvalue weighted by Gasteiger charge is -2.13. The van der Waals surface area contributed by atoms with Gasteiger partial charge in [-0.25, -0.2) is 4.79 Å². The number of rotatable bonds is 9. The van der Waals surface area contributed by atoms with Crippen molar-refractivity contribution < 1.29 is 14.3 Å². The molecule has 1 amide bonds. The monoisotopic (exact) mass is 506 g/mol. The zero-order valence-corrected chi connectivity index (χ0v) is 22.5. The molecule has 3 aromatic heterocycles. The lowest BCUT2D eigenvalue weighted by molar-refractivity contribution is -0.113. The van der Waals surface area contributed by atoms with Crippen LogP contribution in [0.5, 0.6) is 0 Å². The smallest absolute Gasteiger partial charge is 0.341 e. The van der Waals surface area contributed by atoms with Crippen molar-refractivity contribution in [3.05, 3.63) is 32.3 Å². The Hall–Kier alpha value is -2.17. The summed E-state index contributed by atoms with van der Waals surface area (Å²) in [5.41, 5.74) is 2.41. The molecule has 178 valence electrons. The minimum absolute atomic E-state index is 0.140. The van der Waals surface area contributed by atoms with Gasteiger partial charge in [-0.2, -0.15) is 0 Å². The zero-order valence-electron chi connectivity index (χ0n) is 20.0. The van der Waals surface area contributed by atoms with Gasteiger partial charge < -0.3 is 10.1 Å². The van der Waals surface area contributed by atoms with Gasteiger partial charge in [-0.15, -0.1) is 32.9 Å². The van der Waals surface area contributed by atoms with Crippen molar-refractivity contribution in [2.45, 2.75) is 65.1 Å². The first-order valence-electron chi connectivity index (χ1n) is 10.8. The highest BCUT2D eigenvalue weighted by molar-refractivity contribution is 7.99. The number of anilines is 1. The predicted octanol–water partition coefficient (Wildman–Crippen LogP) is 6.16. The number of nitrogens with zero attached hydrogens (tertiary/aromatic N) is 3. The van der Waals surface area contributed by atoms with Gasteiger partial charge in [0.15, 0.2) is 11.0 Å². The van der Waals surface area contributed by atoms with Gasteiger partial charge >= 0.3 is 5.97 Å². The number of hydrogen-bond donors (Lipinski definition) is 1. The third-order valence-electron chi connectivity index (χ3n) is 5.17. The SMILES string of the molecule is CCc1c(C)sc(NC(=O)CSc2nnc(-c3csc(C(C)C)c3)n2C(C)C)c1C(=O)OC. The van der Waals surface area contributed by atoms with Crippen molar-refractivity contribution in [1.82, 2.24) is 14.8 Å². The molecule has 0 radical (unpaired) electrons. The minimum atomic E-state index is -0.431. The quantitative estimate of drug-likeness (QED) is 0.276. The third-order valence-corrected chi connectivity index (χ3v) is 8.40. The number of hydrogen-bond acceptors (Lipinski definition) is 8. The highest BCUT2D eigenvalue weighted by atomic mass is 32.2. The van der Waals surface area contributed by atoms with E-state index in [1.807, 2.05) is 13.8 Å². The number of thioether (sulfide) groups is 1. The first-order valence-corrected chi connectivity index (χ1v) is 13.5. The van der Waals surface area contributed by atoms with E-state index < -0.39 is 5.97 Å². The summed E-state index contributed by atoms with van der Waals surface area (Å²) < 4.78 is 7.00. The van der Waals surface area contributed by atoms with Crippen LogP contribution in [0, 0.1) is 6.92 Å². The summed E-state index contributed by atoms with van der Waals surface area (Å²) >= 11 is 4.46. The number of carbonyl (C=O) groups excluding carboxylic acids is 2. The highest BCUT2D eigenvalue weighted by Crippen LogP contribution is 2.35. The molecule has 3 heterocycles. The molecule has 0 saturated carbocycles. The Morgan fingerprint density at radius 1 is 1.24 bits per heavy atom. The molecule has 7 nitrogen and oxygen atoms in total. The highest BCUT2D eigenvalue weighted by Gasteiger charge is 2.24. The molecule has 0 atom stereocenters. The molecule has 0 spiro atoms. The number of methoxy groups -OCH3 is 1. The Balaban J connectivity index is 1.77. The molecule has 1 N–H and O–H groups in total. The zero-order chi connectivity index (χ0) is 24.3. The summed E-state index contributed by atoms with van der Waals surface area (Å²) in [6.45, 7) is 12.4. The lowest BCUT2D eigenvalue weighted by Crippen LogP contribution is -2.17. The molecule has 3 rings (SSSR count). The topological polar surface area (TPSA) is 86.1 Å². The summed E-state index contributed by atoms with van der Waals surface area (Å²) in [5, 5.41) is 15.0. The van der Waals surface area contributed by atoms with Crippen molar-refractivity contribution in [2.24, 2.45) is 0 Å². The Morgan fingerprint density at radius 3 is 2.55 bits per heavy atom. The summed E-state index contributed by atoms with van der Waals surface area (Å²) in [7, 11) is 1.35. The second-order valence-electron chi connectivity index (χ2n) is 8.19. The van der Waals surface area contributed by atoms with E-state index in [0.717, 1.165) is 21.8 Å². The Morgan fingerprint density at radius 2 is 1.97 bits per heavy atom. The van der Waals surface area contributed by atoms with Gasteiger partial charge in [0.05, 0.1) is 18.4 Å². The van der Waals surface area contributed by atoms with Gasteiger partial charge in [0.2, 0.25) is 5.91 Å². The number of esters is 1. The van der Waals surface area contributed by atoms with E-state index in [-0.39, 0.29) is 17.7 Å². The molecular weight excluding hydrogens is 476 g/mol. The molecule has 0 unspecified atom stereocenters. The molecule has 10 heteroatoms. The molecule has 0 bridgehead atoms. The van der Waals surface area contributed by atoms with Crippen LogP contribution in [0.25, 0.3) is 11.4 Å². The summed E-state index contributed by atoms with van der Waals surface area (Å²) in [4.78, 5) is 27.4. The van der Waals surface area contributed by atoms with E-state index in [9.17, 15) is 9.59 Å². The van der Waals surface area contributed by atoms with Crippen molar-refractivity contribution in [2.75, 3.05) is 18.2 Å². The van der Waals surface area contributed by atoms with Crippen LogP contribution >= 0.6 is 34.4 Å². The van der Waals surface area contributed by atoms with Crippen molar-refractivity contribution in [1.29, 1.82) is 0 Å². The number of aromatic nitrogens is 3. The van der Waals surface area contributed by atoms with Gasteiger partial charge in [-0.05, 0) is 44.7 Å². The Bertz CT molecular complexity index is 1140. The Labute approximate surface area is 207 Å². The van der Waals surface area contributed by atoms with Crippen LogP contribution in [-0.2, 0) is 16.0 Å². The maximum absolute atomic E-state index is 12.8. The average Bonchev–Trinajstić information content (AvgIpc) is 3.48. The largest absolute Gasteiger partial charge is 0.465 e. The van der Waals surface area contributed by atoms with E-state index >= 15 is 0 Å². The second-order valence-corrected chi connectivity index (χ2v) is 11.3. The van der Waals surface area contributed by atoms with E-state index in [2.05, 4.69) is 59.2 Å². The fraction of sp³-hybridized carbons (Fsp3) is 0.478. The first-order chi connectivity index (χ1) is 15.7. The van der Waals surface area contributed by atoms with Gasteiger partial charge in [0.25, 0.3) is 0 Å². The second kappa shape index (κ2) is 10.8. The fourth-order valence-electron chi connectivity index (χ4n) is 3.51. The molecule has 0 aliphatic rings. The molecular formula is C23H30N4O3S3. The van der Waals surface area contributed by atoms with Crippen LogP contribution in [0.1, 0.15) is 72.3 Å². The molecule has 3 aromatic rings. The van der Waals surface area contributed by atoms with Crippen molar-refractivity contribution >= 4 is 51.3 Å². The van der Waals surface area contributed by atoms with Crippen LogP contribution in [0.4, 0.5) is 5.00 Å². The molecule has 0 saturated heterocycles. The fourth-order valence-corrected chi connectivity index (χ4v) is 6.43. The normalized spacial score (nSPS) is 11.4. The molecule has 0 aliphatic carbocycles.